The van der Waals surface area contributed by atoms with Crippen molar-refractivity contribution in [2.24, 2.45) is 0 Å². The van der Waals surface area contributed by atoms with Gasteiger partial charge in [0.1, 0.15) is 0 Å². The van der Waals surface area contributed by atoms with Crippen LogP contribution >= 0.6 is 8.19 Å². The Kier molecular flexibility index (Phi) is 1.76. The van der Waals surface area contributed by atoms with Gasteiger partial charge in [0.25, 0.3) is 0 Å². The Labute approximate surface area is 50.2 Å². The second-order valence-corrected chi connectivity index (χ2v) is 2.41. The van der Waals surface area contributed by atoms with Crippen LogP contribution in [0.5, 0.6) is 0 Å². The van der Waals surface area contributed by atoms with E-state index in [-0.39, 0.29) is 0 Å². The summed E-state index contributed by atoms with van der Waals surface area (Å²) in [7, 11) is 1.20. The van der Waals surface area contributed by atoms with Crippen LogP contribution in [0.25, 0.3) is 6.08 Å². The average molecular weight is 123 g/mol. The Balaban J connectivity index is 2.99. The van der Waals surface area contributed by atoms with E-state index in [1.807, 2.05) is 18.1 Å². The topological polar surface area (TPSA) is 12.9 Å². The van der Waals surface area contributed by atoms with Gasteiger partial charge in [-0.3, -0.25) is 4.98 Å². The summed E-state index contributed by atoms with van der Waals surface area (Å²) in [5, 5.41) is 1.16. The number of aromatic nitrogens is 1. The van der Waals surface area contributed by atoms with Crippen molar-refractivity contribution in [1.82, 2.24) is 4.98 Å². The zero-order chi connectivity index (χ0) is 5.82. The molecule has 0 radical (unpaired) electrons. The highest BCUT2D eigenvalue weighted by molar-refractivity contribution is 7.30. The van der Waals surface area contributed by atoms with Crippen LogP contribution in [-0.2, 0) is 0 Å². The van der Waals surface area contributed by atoms with Gasteiger partial charge in [-0.15, -0.1) is 0 Å². The summed E-state index contributed by atoms with van der Waals surface area (Å²) in [5.74, 6) is 1.98. The van der Waals surface area contributed by atoms with Crippen molar-refractivity contribution in [2.75, 3.05) is 0 Å². The predicted molar refractivity (Wildman–Crippen MR) is 36.8 cm³/mol. The predicted octanol–water partition coefficient (Wildman–Crippen LogP) is 2.30. The highest BCUT2D eigenvalue weighted by Crippen LogP contribution is 2.10. The number of rotatable bonds is 1. The number of nitrogens with zero attached hydrogens (tertiary/aromatic N) is 1. The zero-order valence-electron chi connectivity index (χ0n) is 4.41. The first-order chi connectivity index (χ1) is 3.93. The molecule has 0 saturated heterocycles. The van der Waals surface area contributed by atoms with E-state index in [0.29, 0.717) is 0 Å². The van der Waals surface area contributed by atoms with Gasteiger partial charge in [0, 0.05) is 17.7 Å². The van der Waals surface area contributed by atoms with Crippen molar-refractivity contribution >= 4 is 14.3 Å². The molecule has 0 aliphatic rings. The molecule has 0 aromatic carbocycles. The van der Waals surface area contributed by atoms with Gasteiger partial charge >= 0.3 is 0 Å². The molecular formula is C6H6NP. The van der Waals surface area contributed by atoms with Crippen molar-refractivity contribution in [3.05, 3.63) is 30.1 Å². The van der Waals surface area contributed by atoms with Crippen LogP contribution < -0.4 is 0 Å². The lowest BCUT2D eigenvalue weighted by Gasteiger charge is -1.83. The normalized spacial score (nSPS) is 9.50. The van der Waals surface area contributed by atoms with Crippen LogP contribution in [0.2, 0.25) is 0 Å². The summed E-state index contributed by atoms with van der Waals surface area (Å²) >= 11 is 0. The fourth-order valence-corrected chi connectivity index (χ4v) is 0.971. The third-order valence-electron chi connectivity index (χ3n) is 0.792. The highest BCUT2D eigenvalue weighted by atomic mass is 31.0. The SMILES string of the molecule is C=Cc1cnccp1. The minimum atomic E-state index is 1.16. The molecule has 0 unspecified atom stereocenters. The summed E-state index contributed by atoms with van der Waals surface area (Å²) in [6.07, 6.45) is 5.41. The van der Waals surface area contributed by atoms with E-state index < -0.39 is 0 Å². The van der Waals surface area contributed by atoms with Crippen molar-refractivity contribution in [3.8, 4) is 0 Å². The maximum Gasteiger partial charge on any atom is 0.0386 e. The zero-order valence-corrected chi connectivity index (χ0v) is 5.31. The Morgan fingerprint density at radius 2 is 2.62 bits per heavy atom. The smallest absolute Gasteiger partial charge is 0.0386 e. The molecule has 1 heterocycles. The Hall–Kier alpha value is -0.680. The number of hydrogen-bond acceptors (Lipinski definition) is 1. The van der Waals surface area contributed by atoms with Crippen molar-refractivity contribution < 1.29 is 0 Å². The third kappa shape index (κ3) is 1.14. The van der Waals surface area contributed by atoms with E-state index in [4.69, 9.17) is 0 Å². The highest BCUT2D eigenvalue weighted by Gasteiger charge is 1.78. The first-order valence-electron chi connectivity index (χ1n) is 2.32. The van der Waals surface area contributed by atoms with Crippen molar-refractivity contribution in [1.29, 1.82) is 0 Å². The molecule has 1 aromatic heterocycles. The second kappa shape index (κ2) is 2.58. The molecule has 0 aliphatic heterocycles. The van der Waals surface area contributed by atoms with Gasteiger partial charge in [-0.1, -0.05) is 20.8 Å². The molecule has 0 fully saturated rings. The molecule has 1 aromatic rings. The maximum atomic E-state index is 3.91. The van der Waals surface area contributed by atoms with Crippen LogP contribution in [0.3, 0.4) is 0 Å². The molecule has 40 valence electrons. The van der Waals surface area contributed by atoms with Gasteiger partial charge in [0.05, 0.1) is 0 Å². The summed E-state index contributed by atoms with van der Waals surface area (Å²) < 4.78 is 0. The van der Waals surface area contributed by atoms with Gasteiger partial charge in [-0.25, -0.2) is 0 Å². The molecule has 0 atom stereocenters. The number of hydrogen-bond donors (Lipinski definition) is 0. The van der Waals surface area contributed by atoms with Crippen molar-refractivity contribution in [2.45, 2.75) is 0 Å². The lowest BCUT2D eigenvalue weighted by molar-refractivity contribution is 1.36. The largest absolute Gasteiger partial charge is 0.263 e. The molecule has 0 bridgehead atoms. The van der Waals surface area contributed by atoms with Gasteiger partial charge < -0.3 is 0 Å². The van der Waals surface area contributed by atoms with Crippen LogP contribution in [0, 0.1) is 0 Å². The second-order valence-electron chi connectivity index (χ2n) is 1.33. The quantitative estimate of drug-likeness (QED) is 0.558. The molecule has 8 heavy (non-hydrogen) atoms. The van der Waals surface area contributed by atoms with E-state index >= 15 is 0 Å². The lowest BCUT2D eigenvalue weighted by Crippen LogP contribution is -1.64. The third-order valence-corrected chi connectivity index (χ3v) is 1.67. The van der Waals surface area contributed by atoms with E-state index in [2.05, 4.69) is 11.6 Å². The Bertz CT molecular complexity index is 171. The fraction of sp³-hybridized carbons (Fsp3) is 0. The van der Waals surface area contributed by atoms with E-state index in [9.17, 15) is 0 Å². The van der Waals surface area contributed by atoms with Crippen molar-refractivity contribution in [3.63, 3.8) is 0 Å². The summed E-state index contributed by atoms with van der Waals surface area (Å²) in [6.45, 7) is 3.62. The van der Waals surface area contributed by atoms with Crippen LogP contribution in [0.15, 0.2) is 24.8 Å². The standard InChI is InChI=1S/C6H6NP/c1-2-6-5-7-3-4-8-6/h2-5H,1H2. The van der Waals surface area contributed by atoms with E-state index in [1.165, 1.54) is 8.19 Å². The van der Waals surface area contributed by atoms with Crippen LogP contribution in [-0.4, -0.2) is 4.98 Å². The Morgan fingerprint density at radius 3 is 3.00 bits per heavy atom. The lowest BCUT2D eigenvalue weighted by atomic mass is 10.5. The molecule has 0 N–H and O–H groups in total. The van der Waals surface area contributed by atoms with Gasteiger partial charge in [-0.2, -0.15) is 0 Å². The Morgan fingerprint density at radius 1 is 1.75 bits per heavy atom. The monoisotopic (exact) mass is 123 g/mol. The molecule has 1 rings (SSSR count). The van der Waals surface area contributed by atoms with Gasteiger partial charge in [0.2, 0.25) is 0 Å². The molecule has 2 heteroatoms. The molecule has 0 spiro atoms. The fourth-order valence-electron chi connectivity index (χ4n) is 0.416. The first kappa shape index (κ1) is 5.46. The van der Waals surface area contributed by atoms with E-state index in [1.54, 1.807) is 6.20 Å². The molecular weight excluding hydrogens is 117 g/mol. The van der Waals surface area contributed by atoms with Gasteiger partial charge in [0.15, 0.2) is 0 Å². The summed E-state index contributed by atoms with van der Waals surface area (Å²) in [4.78, 5) is 3.91. The molecule has 1 nitrogen and oxygen atoms in total. The van der Waals surface area contributed by atoms with Crippen LogP contribution in [0.1, 0.15) is 5.30 Å². The van der Waals surface area contributed by atoms with Crippen LogP contribution in [0.4, 0.5) is 0 Å². The molecule has 0 amide bonds. The van der Waals surface area contributed by atoms with Gasteiger partial charge in [-0.05, 0) is 5.80 Å². The summed E-state index contributed by atoms with van der Waals surface area (Å²) in [5.41, 5.74) is 0. The molecule has 0 saturated carbocycles. The minimum Gasteiger partial charge on any atom is -0.263 e. The minimum absolute atomic E-state index is 1.16. The summed E-state index contributed by atoms with van der Waals surface area (Å²) in [6, 6.07) is 0. The molecule has 0 aliphatic carbocycles. The van der Waals surface area contributed by atoms with E-state index in [0.717, 1.165) is 5.30 Å². The average Bonchev–Trinajstić information content (AvgIpc) is 1.90. The first-order valence-corrected chi connectivity index (χ1v) is 3.28. The maximum absolute atomic E-state index is 3.91.